The summed E-state index contributed by atoms with van der Waals surface area (Å²) in [6, 6.07) is 9.81. The number of H-pyrrole nitrogens is 1. The van der Waals surface area contributed by atoms with Crippen LogP contribution in [0.3, 0.4) is 0 Å². The topological polar surface area (TPSA) is 67.8 Å². The van der Waals surface area contributed by atoms with Crippen LogP contribution in [-0.4, -0.2) is 9.97 Å². The summed E-state index contributed by atoms with van der Waals surface area (Å²) < 4.78 is 5.64. The second-order valence-electron chi connectivity index (χ2n) is 3.33. The molecule has 15 heavy (non-hydrogen) atoms. The fraction of sp³-hybridized carbons (Fsp3) is 0. The van der Waals surface area contributed by atoms with Crippen molar-refractivity contribution < 1.29 is 4.42 Å². The van der Waals surface area contributed by atoms with Crippen molar-refractivity contribution in [3.05, 3.63) is 36.5 Å². The van der Waals surface area contributed by atoms with Gasteiger partial charge in [0.25, 0.3) is 0 Å². The highest BCUT2D eigenvalue weighted by atomic mass is 16.3. The molecule has 0 radical (unpaired) electrons. The Morgan fingerprint density at radius 3 is 2.87 bits per heavy atom. The molecule has 0 aliphatic rings. The van der Waals surface area contributed by atoms with Crippen molar-refractivity contribution in [2.75, 3.05) is 5.73 Å². The van der Waals surface area contributed by atoms with Crippen LogP contribution in [0.1, 0.15) is 0 Å². The predicted molar refractivity (Wildman–Crippen MR) is 58.2 cm³/mol. The highest BCUT2D eigenvalue weighted by molar-refractivity contribution is 5.82. The molecule has 74 valence electrons. The lowest BCUT2D eigenvalue weighted by Gasteiger charge is -1.87. The molecule has 0 bridgehead atoms. The highest BCUT2D eigenvalue weighted by Gasteiger charge is 2.07. The number of hydrogen-bond acceptors (Lipinski definition) is 3. The number of benzene rings is 1. The van der Waals surface area contributed by atoms with Gasteiger partial charge >= 0.3 is 0 Å². The first kappa shape index (κ1) is 8.11. The van der Waals surface area contributed by atoms with Gasteiger partial charge < -0.3 is 15.1 Å². The number of para-hydroxylation sites is 1. The molecule has 0 unspecified atom stereocenters. The molecule has 3 N–H and O–H groups in total. The highest BCUT2D eigenvalue weighted by Crippen LogP contribution is 2.26. The SMILES string of the molecule is Nc1ncc(-c2cc3ccccc3o2)[nH]1. The van der Waals surface area contributed by atoms with E-state index < -0.39 is 0 Å². The Labute approximate surface area is 85.7 Å². The maximum atomic E-state index is 5.64. The number of nitrogens with one attached hydrogen (secondary N) is 1. The first-order chi connectivity index (χ1) is 7.33. The van der Waals surface area contributed by atoms with E-state index in [2.05, 4.69) is 9.97 Å². The van der Waals surface area contributed by atoms with Crippen LogP contribution in [0.5, 0.6) is 0 Å². The van der Waals surface area contributed by atoms with Crippen LogP contribution in [-0.2, 0) is 0 Å². The molecule has 0 atom stereocenters. The van der Waals surface area contributed by atoms with E-state index in [1.807, 2.05) is 30.3 Å². The smallest absolute Gasteiger partial charge is 0.197 e. The van der Waals surface area contributed by atoms with Crippen molar-refractivity contribution in [1.82, 2.24) is 9.97 Å². The molecule has 3 aromatic rings. The van der Waals surface area contributed by atoms with E-state index in [-0.39, 0.29) is 0 Å². The van der Waals surface area contributed by atoms with Gasteiger partial charge in [-0.1, -0.05) is 18.2 Å². The minimum atomic E-state index is 0.394. The van der Waals surface area contributed by atoms with Gasteiger partial charge in [0.1, 0.15) is 11.3 Å². The van der Waals surface area contributed by atoms with Crippen LogP contribution in [0, 0.1) is 0 Å². The quantitative estimate of drug-likeness (QED) is 0.632. The van der Waals surface area contributed by atoms with Crippen molar-refractivity contribution in [3.63, 3.8) is 0 Å². The maximum absolute atomic E-state index is 5.64. The number of fused-ring (bicyclic) bond motifs is 1. The van der Waals surface area contributed by atoms with Crippen LogP contribution in [0.2, 0.25) is 0 Å². The molecule has 4 nitrogen and oxygen atoms in total. The molecule has 0 amide bonds. The average molecular weight is 199 g/mol. The summed E-state index contributed by atoms with van der Waals surface area (Å²) in [5, 5.41) is 1.07. The van der Waals surface area contributed by atoms with E-state index in [9.17, 15) is 0 Å². The van der Waals surface area contributed by atoms with E-state index in [0.717, 1.165) is 22.4 Å². The zero-order chi connectivity index (χ0) is 10.3. The molecular weight excluding hydrogens is 190 g/mol. The van der Waals surface area contributed by atoms with Crippen molar-refractivity contribution in [2.24, 2.45) is 0 Å². The van der Waals surface area contributed by atoms with Crippen LogP contribution in [0.25, 0.3) is 22.4 Å². The summed E-state index contributed by atoms with van der Waals surface area (Å²) in [5.74, 6) is 1.14. The number of imidazole rings is 1. The third kappa shape index (κ3) is 1.27. The van der Waals surface area contributed by atoms with Gasteiger partial charge in [-0.05, 0) is 12.1 Å². The van der Waals surface area contributed by atoms with Crippen molar-refractivity contribution in [3.8, 4) is 11.5 Å². The minimum absolute atomic E-state index is 0.394. The lowest BCUT2D eigenvalue weighted by atomic mass is 10.2. The van der Waals surface area contributed by atoms with Crippen LogP contribution in [0.4, 0.5) is 5.95 Å². The molecule has 0 spiro atoms. The molecule has 0 fully saturated rings. The zero-order valence-electron chi connectivity index (χ0n) is 7.90. The Bertz CT molecular complexity index is 576. The number of nitrogens with two attached hydrogens (primary N) is 1. The van der Waals surface area contributed by atoms with Gasteiger partial charge in [0.2, 0.25) is 0 Å². The second kappa shape index (κ2) is 2.88. The van der Waals surface area contributed by atoms with Gasteiger partial charge in [-0.15, -0.1) is 0 Å². The predicted octanol–water partition coefficient (Wildman–Crippen LogP) is 2.41. The number of aromatic nitrogens is 2. The Hall–Kier alpha value is -2.23. The minimum Gasteiger partial charge on any atom is -0.454 e. The largest absolute Gasteiger partial charge is 0.454 e. The average Bonchev–Trinajstić information content (AvgIpc) is 2.82. The normalized spacial score (nSPS) is 10.9. The van der Waals surface area contributed by atoms with Crippen molar-refractivity contribution >= 4 is 16.9 Å². The summed E-state index contributed by atoms with van der Waals surface area (Å²) in [5.41, 5.74) is 7.16. The first-order valence-corrected chi connectivity index (χ1v) is 4.62. The number of furan rings is 1. The number of nitrogen functional groups attached to an aromatic ring is 1. The number of hydrogen-bond donors (Lipinski definition) is 2. The summed E-state index contributed by atoms with van der Waals surface area (Å²) in [6.45, 7) is 0. The summed E-state index contributed by atoms with van der Waals surface area (Å²) >= 11 is 0. The molecule has 0 aliphatic carbocycles. The second-order valence-corrected chi connectivity index (χ2v) is 3.33. The van der Waals surface area contributed by atoms with E-state index in [0.29, 0.717) is 5.95 Å². The number of nitrogens with zero attached hydrogens (tertiary/aromatic N) is 1. The van der Waals surface area contributed by atoms with E-state index in [1.54, 1.807) is 6.20 Å². The van der Waals surface area contributed by atoms with Crippen LogP contribution >= 0.6 is 0 Å². The molecule has 0 aliphatic heterocycles. The van der Waals surface area contributed by atoms with Crippen molar-refractivity contribution in [1.29, 1.82) is 0 Å². The van der Waals surface area contributed by atoms with Gasteiger partial charge in [0.15, 0.2) is 11.7 Å². The molecule has 0 saturated carbocycles. The van der Waals surface area contributed by atoms with Gasteiger partial charge in [0.05, 0.1) is 6.20 Å². The van der Waals surface area contributed by atoms with Crippen molar-refractivity contribution in [2.45, 2.75) is 0 Å². The molecule has 0 saturated heterocycles. The third-order valence-corrected chi connectivity index (χ3v) is 2.29. The molecule has 3 rings (SSSR count). The Kier molecular flexibility index (Phi) is 1.56. The number of aromatic amines is 1. The fourth-order valence-corrected chi connectivity index (χ4v) is 1.58. The lowest BCUT2D eigenvalue weighted by molar-refractivity contribution is 0.629. The number of anilines is 1. The Morgan fingerprint density at radius 1 is 1.27 bits per heavy atom. The summed E-state index contributed by atoms with van der Waals surface area (Å²) in [7, 11) is 0. The molecule has 2 heterocycles. The summed E-state index contributed by atoms with van der Waals surface area (Å²) in [4.78, 5) is 6.85. The fourth-order valence-electron chi connectivity index (χ4n) is 1.58. The molecule has 4 heteroatoms. The third-order valence-electron chi connectivity index (χ3n) is 2.29. The Morgan fingerprint density at radius 2 is 2.13 bits per heavy atom. The van der Waals surface area contributed by atoms with Gasteiger partial charge in [-0.25, -0.2) is 4.98 Å². The number of rotatable bonds is 1. The van der Waals surface area contributed by atoms with Crippen LogP contribution < -0.4 is 5.73 Å². The lowest BCUT2D eigenvalue weighted by Crippen LogP contribution is -1.84. The zero-order valence-corrected chi connectivity index (χ0v) is 7.90. The van der Waals surface area contributed by atoms with Gasteiger partial charge in [0, 0.05) is 5.39 Å². The molecule has 2 aromatic heterocycles. The van der Waals surface area contributed by atoms with E-state index in [1.165, 1.54) is 0 Å². The Balaban J connectivity index is 2.19. The monoisotopic (exact) mass is 199 g/mol. The summed E-state index contributed by atoms with van der Waals surface area (Å²) in [6.07, 6.45) is 1.66. The maximum Gasteiger partial charge on any atom is 0.197 e. The van der Waals surface area contributed by atoms with Crippen LogP contribution in [0.15, 0.2) is 40.9 Å². The van der Waals surface area contributed by atoms with Gasteiger partial charge in [-0.3, -0.25) is 0 Å². The first-order valence-electron chi connectivity index (χ1n) is 4.62. The van der Waals surface area contributed by atoms with E-state index in [4.69, 9.17) is 10.2 Å². The molecular formula is C11H9N3O. The molecule has 1 aromatic carbocycles. The van der Waals surface area contributed by atoms with E-state index >= 15 is 0 Å². The standard InChI is InChI=1S/C11H9N3O/c12-11-13-6-8(14-11)10-5-7-3-1-2-4-9(7)15-10/h1-6H,(H3,12,13,14). The van der Waals surface area contributed by atoms with Gasteiger partial charge in [-0.2, -0.15) is 0 Å².